The van der Waals surface area contributed by atoms with Gasteiger partial charge in [0.1, 0.15) is 5.75 Å². The maximum Gasteiger partial charge on any atom is 0.251 e. The number of likely N-dealkylation sites (tertiary alicyclic amines) is 1. The second-order valence-corrected chi connectivity index (χ2v) is 7.71. The molecule has 142 valence electrons. The molecule has 0 saturated carbocycles. The molecule has 0 bridgehead atoms. The van der Waals surface area contributed by atoms with Crippen molar-refractivity contribution in [1.82, 2.24) is 10.2 Å². The van der Waals surface area contributed by atoms with Gasteiger partial charge in [0.15, 0.2) is 0 Å². The zero-order valence-electron chi connectivity index (χ0n) is 16.0. The lowest BCUT2D eigenvalue weighted by Gasteiger charge is -2.34. The summed E-state index contributed by atoms with van der Waals surface area (Å²) in [5.74, 6) is 1.56. The summed E-state index contributed by atoms with van der Waals surface area (Å²) in [6.07, 6.45) is 4.33. The molecule has 1 fully saturated rings. The zero-order valence-corrected chi connectivity index (χ0v) is 16.0. The smallest absolute Gasteiger partial charge is 0.251 e. The quantitative estimate of drug-likeness (QED) is 0.881. The van der Waals surface area contributed by atoms with Crippen LogP contribution in [0.4, 0.5) is 0 Å². The van der Waals surface area contributed by atoms with Crippen molar-refractivity contribution < 1.29 is 9.53 Å². The highest BCUT2D eigenvalue weighted by Gasteiger charge is 2.26. The van der Waals surface area contributed by atoms with Crippen molar-refractivity contribution in [2.45, 2.75) is 37.6 Å². The van der Waals surface area contributed by atoms with Gasteiger partial charge in [0.05, 0.1) is 7.11 Å². The predicted molar refractivity (Wildman–Crippen MR) is 107 cm³/mol. The van der Waals surface area contributed by atoms with Crippen molar-refractivity contribution in [2.24, 2.45) is 0 Å². The molecule has 0 aliphatic carbocycles. The number of benzene rings is 2. The monoisotopic (exact) mass is 364 g/mol. The third kappa shape index (κ3) is 4.16. The number of amides is 1. The van der Waals surface area contributed by atoms with Crippen molar-refractivity contribution >= 4 is 5.91 Å². The van der Waals surface area contributed by atoms with Crippen LogP contribution in [-0.4, -0.2) is 43.6 Å². The Hall–Kier alpha value is -2.33. The van der Waals surface area contributed by atoms with Crippen LogP contribution in [0.25, 0.3) is 0 Å². The van der Waals surface area contributed by atoms with Gasteiger partial charge in [-0.2, -0.15) is 0 Å². The summed E-state index contributed by atoms with van der Waals surface area (Å²) in [6, 6.07) is 16.8. The first-order valence-corrected chi connectivity index (χ1v) is 9.98. The van der Waals surface area contributed by atoms with Crippen LogP contribution in [0.1, 0.15) is 46.7 Å². The summed E-state index contributed by atoms with van der Waals surface area (Å²) in [6.45, 7) is 3.33. The van der Waals surface area contributed by atoms with Crippen LogP contribution in [0, 0.1) is 0 Å². The first kappa shape index (κ1) is 18.1. The lowest BCUT2D eigenvalue weighted by atomic mass is 9.89. The fraction of sp³-hybridized carbons (Fsp3) is 0.435. The Labute approximate surface area is 161 Å². The average molecular weight is 364 g/mol. The number of nitrogens with zero attached hydrogens (tertiary/aromatic N) is 1. The van der Waals surface area contributed by atoms with Crippen LogP contribution in [0.2, 0.25) is 0 Å². The Morgan fingerprint density at radius 1 is 1.11 bits per heavy atom. The SMILES string of the molecule is COc1ccc2c(c1)CC(CCN1CCC(c3ccccc3)CC1)NC2=O. The van der Waals surface area contributed by atoms with E-state index >= 15 is 0 Å². The molecule has 1 unspecified atom stereocenters. The number of carbonyl (C=O) groups excluding carboxylic acids is 1. The highest BCUT2D eigenvalue weighted by molar-refractivity contribution is 5.97. The van der Waals surface area contributed by atoms with Gasteiger partial charge in [0, 0.05) is 18.2 Å². The Balaban J connectivity index is 1.29. The Morgan fingerprint density at radius 2 is 1.89 bits per heavy atom. The van der Waals surface area contributed by atoms with E-state index in [1.807, 2.05) is 18.2 Å². The van der Waals surface area contributed by atoms with Gasteiger partial charge in [-0.3, -0.25) is 4.79 Å². The predicted octanol–water partition coefficient (Wildman–Crippen LogP) is 3.62. The number of hydrogen-bond donors (Lipinski definition) is 1. The molecule has 2 aromatic rings. The van der Waals surface area contributed by atoms with Gasteiger partial charge in [-0.05, 0) is 74.0 Å². The highest BCUT2D eigenvalue weighted by atomic mass is 16.5. The Morgan fingerprint density at radius 3 is 2.63 bits per heavy atom. The minimum Gasteiger partial charge on any atom is -0.497 e. The molecule has 4 nitrogen and oxygen atoms in total. The second-order valence-electron chi connectivity index (χ2n) is 7.71. The van der Waals surface area contributed by atoms with Gasteiger partial charge in [-0.1, -0.05) is 30.3 Å². The van der Waals surface area contributed by atoms with E-state index in [0.717, 1.165) is 49.4 Å². The third-order valence-corrected chi connectivity index (χ3v) is 6.01. The average Bonchev–Trinajstić information content (AvgIpc) is 2.73. The van der Waals surface area contributed by atoms with Crippen LogP contribution >= 0.6 is 0 Å². The summed E-state index contributed by atoms with van der Waals surface area (Å²) < 4.78 is 5.31. The number of hydrogen-bond acceptors (Lipinski definition) is 3. The van der Waals surface area contributed by atoms with Gasteiger partial charge in [-0.15, -0.1) is 0 Å². The van der Waals surface area contributed by atoms with E-state index in [4.69, 9.17) is 4.74 Å². The van der Waals surface area contributed by atoms with E-state index in [1.165, 1.54) is 18.4 Å². The Kier molecular flexibility index (Phi) is 5.44. The van der Waals surface area contributed by atoms with Crippen molar-refractivity contribution in [3.8, 4) is 5.75 Å². The van der Waals surface area contributed by atoms with E-state index in [-0.39, 0.29) is 11.9 Å². The third-order valence-electron chi connectivity index (χ3n) is 6.01. The van der Waals surface area contributed by atoms with Crippen molar-refractivity contribution in [1.29, 1.82) is 0 Å². The molecule has 0 radical (unpaired) electrons. The molecule has 2 aliphatic heterocycles. The van der Waals surface area contributed by atoms with Gasteiger partial charge < -0.3 is 15.0 Å². The molecule has 0 spiro atoms. The molecule has 1 saturated heterocycles. The largest absolute Gasteiger partial charge is 0.497 e. The van der Waals surface area contributed by atoms with E-state index in [0.29, 0.717) is 5.92 Å². The fourth-order valence-electron chi connectivity index (χ4n) is 4.39. The van der Waals surface area contributed by atoms with Gasteiger partial charge in [0.25, 0.3) is 5.91 Å². The van der Waals surface area contributed by atoms with Gasteiger partial charge >= 0.3 is 0 Å². The molecule has 2 heterocycles. The summed E-state index contributed by atoms with van der Waals surface area (Å²) in [7, 11) is 1.67. The second kappa shape index (κ2) is 8.13. The van der Waals surface area contributed by atoms with Crippen LogP contribution in [-0.2, 0) is 6.42 Å². The van der Waals surface area contributed by atoms with E-state index < -0.39 is 0 Å². The molecular weight excluding hydrogens is 336 g/mol. The number of piperidine rings is 1. The van der Waals surface area contributed by atoms with Crippen LogP contribution < -0.4 is 10.1 Å². The first-order valence-electron chi connectivity index (χ1n) is 9.98. The number of ether oxygens (including phenoxy) is 1. The molecular formula is C23H28N2O2. The van der Waals surface area contributed by atoms with Crippen LogP contribution in [0.15, 0.2) is 48.5 Å². The number of nitrogens with one attached hydrogen (secondary N) is 1. The maximum absolute atomic E-state index is 12.4. The van der Waals surface area contributed by atoms with Crippen molar-refractivity contribution in [3.05, 3.63) is 65.2 Å². The normalized spacial score (nSPS) is 20.8. The molecule has 4 rings (SSSR count). The van der Waals surface area contributed by atoms with E-state index in [9.17, 15) is 4.79 Å². The molecule has 0 aromatic heterocycles. The summed E-state index contributed by atoms with van der Waals surface area (Å²) in [5, 5.41) is 3.18. The van der Waals surface area contributed by atoms with Crippen LogP contribution in [0.5, 0.6) is 5.75 Å². The molecule has 27 heavy (non-hydrogen) atoms. The number of fused-ring (bicyclic) bond motifs is 1. The Bertz CT molecular complexity index is 782. The maximum atomic E-state index is 12.4. The van der Waals surface area contributed by atoms with E-state index in [1.54, 1.807) is 7.11 Å². The molecule has 2 aromatic carbocycles. The van der Waals surface area contributed by atoms with Gasteiger partial charge in [-0.25, -0.2) is 0 Å². The lowest BCUT2D eigenvalue weighted by molar-refractivity contribution is 0.0917. The minimum atomic E-state index is 0.0479. The van der Waals surface area contributed by atoms with E-state index in [2.05, 4.69) is 40.5 Å². The lowest BCUT2D eigenvalue weighted by Crippen LogP contribution is -2.44. The fourth-order valence-corrected chi connectivity index (χ4v) is 4.39. The molecule has 1 amide bonds. The summed E-state index contributed by atoms with van der Waals surface area (Å²) in [5.41, 5.74) is 3.36. The number of carbonyl (C=O) groups is 1. The van der Waals surface area contributed by atoms with Crippen molar-refractivity contribution in [2.75, 3.05) is 26.7 Å². The van der Waals surface area contributed by atoms with Gasteiger partial charge in [0.2, 0.25) is 0 Å². The topological polar surface area (TPSA) is 41.6 Å². The number of methoxy groups -OCH3 is 1. The number of rotatable bonds is 5. The molecule has 1 atom stereocenters. The molecule has 1 N–H and O–H groups in total. The van der Waals surface area contributed by atoms with Crippen LogP contribution in [0.3, 0.4) is 0 Å². The summed E-state index contributed by atoms with van der Waals surface area (Å²) >= 11 is 0. The first-order chi connectivity index (χ1) is 13.2. The standard InChI is InChI=1S/C23H28N2O2/c1-27-21-7-8-22-19(16-21)15-20(24-23(22)26)11-14-25-12-9-18(10-13-25)17-5-3-2-4-6-17/h2-8,16,18,20H,9-15H2,1H3,(H,24,26). The molecule has 2 aliphatic rings. The minimum absolute atomic E-state index is 0.0479. The zero-order chi connectivity index (χ0) is 18.6. The highest BCUT2D eigenvalue weighted by Crippen LogP contribution is 2.28. The molecule has 4 heteroatoms. The van der Waals surface area contributed by atoms with Crippen molar-refractivity contribution in [3.63, 3.8) is 0 Å². The summed E-state index contributed by atoms with van der Waals surface area (Å²) in [4.78, 5) is 14.9.